The lowest BCUT2D eigenvalue weighted by Crippen LogP contribution is -2.23. The van der Waals surface area contributed by atoms with Crippen molar-refractivity contribution in [2.24, 2.45) is 0 Å². The van der Waals surface area contributed by atoms with Crippen molar-refractivity contribution >= 4 is 17.7 Å². The average Bonchev–Trinajstić information content (AvgIpc) is 1.90. The van der Waals surface area contributed by atoms with E-state index >= 15 is 0 Å². The van der Waals surface area contributed by atoms with Crippen LogP contribution in [0.25, 0.3) is 0 Å². The van der Waals surface area contributed by atoms with Crippen molar-refractivity contribution in [2.45, 2.75) is 0 Å². The summed E-state index contributed by atoms with van der Waals surface area (Å²) in [7, 11) is 0. The second-order valence-electron chi connectivity index (χ2n) is 1.56. The fraction of sp³-hybridized carbons (Fsp3) is 0.600. The van der Waals surface area contributed by atoms with E-state index < -0.39 is 0 Å². The van der Waals surface area contributed by atoms with Crippen LogP contribution in [0.3, 0.4) is 0 Å². The van der Waals surface area contributed by atoms with E-state index in [0.717, 1.165) is 18.1 Å². The first-order valence-corrected chi connectivity index (χ1v) is 3.64. The van der Waals surface area contributed by atoms with Crippen molar-refractivity contribution < 1.29 is 4.79 Å². The van der Waals surface area contributed by atoms with Crippen molar-refractivity contribution in [1.29, 1.82) is 0 Å². The van der Waals surface area contributed by atoms with E-state index in [0.29, 0.717) is 5.70 Å². The largest absolute Gasteiger partial charge is 0.378 e. The van der Waals surface area contributed by atoms with Crippen molar-refractivity contribution in [3.05, 3.63) is 5.70 Å². The van der Waals surface area contributed by atoms with Gasteiger partial charge >= 0.3 is 0 Å². The van der Waals surface area contributed by atoms with Gasteiger partial charge in [0.15, 0.2) is 0 Å². The third-order valence-corrected chi connectivity index (χ3v) is 1.94. The van der Waals surface area contributed by atoms with Crippen LogP contribution in [0.15, 0.2) is 5.70 Å². The topological polar surface area (TPSA) is 29.1 Å². The van der Waals surface area contributed by atoms with Gasteiger partial charge in [0.05, 0.1) is 0 Å². The van der Waals surface area contributed by atoms with Gasteiger partial charge in [-0.05, 0) is 0 Å². The highest BCUT2D eigenvalue weighted by molar-refractivity contribution is 7.99. The third kappa shape index (κ3) is 1.29. The Morgan fingerprint density at radius 2 is 2.62 bits per heavy atom. The average molecular weight is 129 g/mol. The molecule has 1 saturated heterocycles. The molecule has 1 heterocycles. The van der Waals surface area contributed by atoms with E-state index in [9.17, 15) is 4.79 Å². The lowest BCUT2D eigenvalue weighted by atomic mass is 10.5. The summed E-state index contributed by atoms with van der Waals surface area (Å²) in [5.74, 6) is 3.75. The highest BCUT2D eigenvalue weighted by Crippen LogP contribution is 2.06. The summed E-state index contributed by atoms with van der Waals surface area (Å²) < 4.78 is 0. The summed E-state index contributed by atoms with van der Waals surface area (Å²) in [4.78, 5) is 9.92. The van der Waals surface area contributed by atoms with Crippen molar-refractivity contribution in [2.75, 3.05) is 18.1 Å². The van der Waals surface area contributed by atoms with Crippen molar-refractivity contribution in [3.63, 3.8) is 0 Å². The summed E-state index contributed by atoms with van der Waals surface area (Å²) in [5, 5.41) is 2.94. The Labute approximate surface area is 52.3 Å². The molecule has 1 N–H and O–H groups in total. The second kappa shape index (κ2) is 2.80. The molecule has 0 aromatic carbocycles. The van der Waals surface area contributed by atoms with Crippen LogP contribution in [-0.2, 0) is 4.79 Å². The zero-order valence-corrected chi connectivity index (χ0v) is 5.25. The van der Waals surface area contributed by atoms with Gasteiger partial charge < -0.3 is 5.32 Å². The van der Waals surface area contributed by atoms with Crippen LogP contribution in [0, 0.1) is 0 Å². The number of hydrogen-bond donors (Lipinski definition) is 1. The quantitative estimate of drug-likeness (QED) is 0.468. The summed E-state index contributed by atoms with van der Waals surface area (Å²) in [6.07, 6.45) is 0. The Kier molecular flexibility index (Phi) is 2.00. The van der Waals surface area contributed by atoms with E-state index in [2.05, 4.69) is 5.32 Å². The van der Waals surface area contributed by atoms with Gasteiger partial charge in [-0.15, -0.1) is 0 Å². The predicted molar refractivity (Wildman–Crippen MR) is 34.5 cm³/mol. The maximum Gasteiger partial charge on any atom is 0.146 e. The molecule has 0 aromatic heterocycles. The Morgan fingerprint density at radius 1 is 1.75 bits per heavy atom. The number of carbonyl (C=O) groups excluding carboxylic acids is 1. The first kappa shape index (κ1) is 5.73. The molecule has 0 aliphatic carbocycles. The number of thioether (sulfide) groups is 1. The molecule has 0 spiro atoms. The molecule has 1 aliphatic rings. The maximum atomic E-state index is 9.92. The standard InChI is InChI=1S/C5H7NOS/c7-3-5-4-8-2-1-6-5/h6H,1-2,4H2. The Hall–Kier alpha value is -0.400. The van der Waals surface area contributed by atoms with Gasteiger partial charge in [0.25, 0.3) is 0 Å². The van der Waals surface area contributed by atoms with Crippen LogP contribution in [0.5, 0.6) is 0 Å². The molecule has 0 aromatic rings. The molecule has 44 valence electrons. The molecule has 2 nitrogen and oxygen atoms in total. The van der Waals surface area contributed by atoms with Crippen LogP contribution in [-0.4, -0.2) is 24.0 Å². The fourth-order valence-corrected chi connectivity index (χ4v) is 1.32. The maximum absolute atomic E-state index is 9.92. The van der Waals surface area contributed by atoms with Gasteiger partial charge in [-0.3, -0.25) is 0 Å². The van der Waals surface area contributed by atoms with Crippen molar-refractivity contribution in [3.8, 4) is 0 Å². The Balaban J connectivity index is 2.45. The molecule has 0 amide bonds. The van der Waals surface area contributed by atoms with Gasteiger partial charge in [-0.1, -0.05) is 0 Å². The molecule has 0 bridgehead atoms. The SMILES string of the molecule is O=C=C1CSCCN1. The number of hydrogen-bond acceptors (Lipinski definition) is 3. The number of rotatable bonds is 0. The van der Waals surface area contributed by atoms with E-state index in [1.165, 1.54) is 0 Å². The van der Waals surface area contributed by atoms with Crippen LogP contribution < -0.4 is 5.32 Å². The van der Waals surface area contributed by atoms with Crippen LogP contribution >= 0.6 is 11.8 Å². The molecule has 1 aliphatic heterocycles. The normalized spacial score (nSPS) is 19.2. The molecule has 3 heteroatoms. The van der Waals surface area contributed by atoms with Crippen LogP contribution in [0.2, 0.25) is 0 Å². The summed E-state index contributed by atoms with van der Waals surface area (Å²) in [6, 6.07) is 0. The minimum Gasteiger partial charge on any atom is -0.378 e. The van der Waals surface area contributed by atoms with Crippen LogP contribution in [0.4, 0.5) is 0 Å². The molecular formula is C5H7NOS. The predicted octanol–water partition coefficient (Wildman–Crippen LogP) is 0.0383. The van der Waals surface area contributed by atoms with E-state index in [-0.39, 0.29) is 0 Å². The van der Waals surface area contributed by atoms with E-state index in [1.54, 1.807) is 11.8 Å². The molecule has 0 atom stereocenters. The smallest absolute Gasteiger partial charge is 0.146 e. The minimum atomic E-state index is 0.709. The van der Waals surface area contributed by atoms with Gasteiger partial charge in [0.1, 0.15) is 11.6 Å². The fourth-order valence-electron chi connectivity index (χ4n) is 0.565. The van der Waals surface area contributed by atoms with Gasteiger partial charge in [0, 0.05) is 18.1 Å². The zero-order chi connectivity index (χ0) is 5.82. The highest BCUT2D eigenvalue weighted by Gasteiger charge is 2.02. The summed E-state index contributed by atoms with van der Waals surface area (Å²) >= 11 is 1.77. The zero-order valence-electron chi connectivity index (χ0n) is 4.44. The van der Waals surface area contributed by atoms with Gasteiger partial charge in [-0.25, -0.2) is 4.79 Å². The van der Waals surface area contributed by atoms with Gasteiger partial charge in [-0.2, -0.15) is 11.8 Å². The molecule has 0 saturated carbocycles. The van der Waals surface area contributed by atoms with E-state index in [4.69, 9.17) is 0 Å². The second-order valence-corrected chi connectivity index (χ2v) is 2.67. The Bertz CT molecular complexity index is 120. The number of nitrogens with one attached hydrogen (secondary N) is 1. The van der Waals surface area contributed by atoms with Crippen LogP contribution in [0.1, 0.15) is 0 Å². The molecule has 0 radical (unpaired) electrons. The monoisotopic (exact) mass is 129 g/mol. The first-order valence-electron chi connectivity index (χ1n) is 2.49. The molecule has 1 rings (SSSR count). The summed E-state index contributed by atoms with van der Waals surface area (Å²) in [6.45, 7) is 0.912. The molecule has 1 fully saturated rings. The molecular weight excluding hydrogens is 122 g/mol. The highest BCUT2D eigenvalue weighted by atomic mass is 32.2. The van der Waals surface area contributed by atoms with Crippen molar-refractivity contribution in [1.82, 2.24) is 5.32 Å². The lowest BCUT2D eigenvalue weighted by molar-refractivity contribution is 0.564. The third-order valence-electron chi connectivity index (χ3n) is 0.954. The van der Waals surface area contributed by atoms with E-state index in [1.807, 2.05) is 5.94 Å². The molecule has 0 unspecified atom stereocenters. The first-order chi connectivity index (χ1) is 3.93. The lowest BCUT2D eigenvalue weighted by Gasteiger charge is -2.11. The minimum absolute atomic E-state index is 0.709. The summed E-state index contributed by atoms with van der Waals surface area (Å²) in [5.41, 5.74) is 0.709. The van der Waals surface area contributed by atoms with Gasteiger partial charge in [0.2, 0.25) is 0 Å². The molecule has 8 heavy (non-hydrogen) atoms. The Morgan fingerprint density at radius 3 is 3.00 bits per heavy atom.